The Morgan fingerprint density at radius 2 is 2.29 bits per heavy atom. The Bertz CT molecular complexity index is 437. The first-order chi connectivity index (χ1) is 6.79. The van der Waals surface area contributed by atoms with Crippen LogP contribution in [0.1, 0.15) is 5.01 Å². The van der Waals surface area contributed by atoms with Crippen molar-refractivity contribution in [2.75, 3.05) is 18.4 Å². The lowest BCUT2D eigenvalue weighted by Crippen LogP contribution is -2.13. The third-order valence-corrected chi connectivity index (χ3v) is 2.74. The molecule has 2 heterocycles. The second-order valence-corrected chi connectivity index (χ2v) is 4.20. The van der Waals surface area contributed by atoms with Crippen molar-refractivity contribution in [1.82, 2.24) is 9.97 Å². The molecule has 74 valence electrons. The highest BCUT2D eigenvalue weighted by Gasteiger charge is 2.02. The molecule has 2 aromatic heterocycles. The standard InChI is InChI=1S/C9H12N4S/c1-6-12-9-7(14-6)2-3-8(13-9)11-5-4-10/h2-3H,4-5,10H2,1H3,(H,11,13). The second-order valence-electron chi connectivity index (χ2n) is 2.97. The largest absolute Gasteiger partial charge is 0.369 e. The van der Waals surface area contributed by atoms with Crippen LogP contribution >= 0.6 is 11.3 Å². The number of nitrogens with one attached hydrogen (secondary N) is 1. The highest BCUT2D eigenvalue weighted by Crippen LogP contribution is 2.21. The van der Waals surface area contributed by atoms with Crippen LogP contribution in [0.25, 0.3) is 10.3 Å². The van der Waals surface area contributed by atoms with Gasteiger partial charge in [-0.1, -0.05) is 0 Å². The first kappa shape index (κ1) is 9.36. The van der Waals surface area contributed by atoms with Gasteiger partial charge < -0.3 is 11.1 Å². The maximum atomic E-state index is 5.39. The van der Waals surface area contributed by atoms with Crippen LogP contribution in [0.15, 0.2) is 12.1 Å². The van der Waals surface area contributed by atoms with Crippen molar-refractivity contribution in [2.45, 2.75) is 6.92 Å². The molecule has 0 saturated carbocycles. The molecule has 0 aliphatic carbocycles. The molecule has 2 aromatic rings. The van der Waals surface area contributed by atoms with Crippen LogP contribution in [0.4, 0.5) is 5.82 Å². The summed E-state index contributed by atoms with van der Waals surface area (Å²) in [5, 5.41) is 4.17. The van der Waals surface area contributed by atoms with Crippen molar-refractivity contribution in [1.29, 1.82) is 0 Å². The average Bonchev–Trinajstić information content (AvgIpc) is 2.54. The molecule has 0 fully saturated rings. The molecule has 0 unspecified atom stereocenters. The number of fused-ring (bicyclic) bond motifs is 1. The molecule has 0 aliphatic rings. The number of aryl methyl sites for hydroxylation is 1. The number of hydrogen-bond donors (Lipinski definition) is 2. The molecule has 0 aliphatic heterocycles. The Morgan fingerprint density at radius 3 is 3.07 bits per heavy atom. The van der Waals surface area contributed by atoms with E-state index in [2.05, 4.69) is 15.3 Å². The fraction of sp³-hybridized carbons (Fsp3) is 0.333. The number of anilines is 1. The van der Waals surface area contributed by atoms with Crippen molar-refractivity contribution in [3.8, 4) is 0 Å². The molecule has 5 heteroatoms. The molecule has 3 N–H and O–H groups in total. The van der Waals surface area contributed by atoms with Gasteiger partial charge in [-0.2, -0.15) is 0 Å². The zero-order valence-corrected chi connectivity index (χ0v) is 8.77. The molecule has 0 bridgehead atoms. The summed E-state index contributed by atoms with van der Waals surface area (Å²) < 4.78 is 1.13. The zero-order chi connectivity index (χ0) is 9.97. The molecule has 0 aromatic carbocycles. The number of rotatable bonds is 3. The van der Waals surface area contributed by atoms with Crippen LogP contribution in [0.3, 0.4) is 0 Å². The molecule has 0 atom stereocenters. The SMILES string of the molecule is Cc1nc2nc(NCCN)ccc2s1. The van der Waals surface area contributed by atoms with E-state index in [0.29, 0.717) is 6.54 Å². The Kier molecular flexibility index (Phi) is 2.60. The van der Waals surface area contributed by atoms with Gasteiger partial charge in [0.2, 0.25) is 0 Å². The molecule has 2 rings (SSSR count). The van der Waals surface area contributed by atoms with Gasteiger partial charge in [0.15, 0.2) is 5.65 Å². The van der Waals surface area contributed by atoms with E-state index < -0.39 is 0 Å². The maximum Gasteiger partial charge on any atom is 0.172 e. The van der Waals surface area contributed by atoms with Gasteiger partial charge in [0.25, 0.3) is 0 Å². The van der Waals surface area contributed by atoms with E-state index in [-0.39, 0.29) is 0 Å². The van der Waals surface area contributed by atoms with Crippen molar-refractivity contribution in [3.63, 3.8) is 0 Å². The number of nitrogens with two attached hydrogens (primary N) is 1. The van der Waals surface area contributed by atoms with E-state index in [4.69, 9.17) is 5.73 Å². The maximum absolute atomic E-state index is 5.39. The Hall–Kier alpha value is -1.20. The lowest BCUT2D eigenvalue weighted by molar-refractivity contribution is 1.01. The predicted molar refractivity (Wildman–Crippen MR) is 59.7 cm³/mol. The van der Waals surface area contributed by atoms with Gasteiger partial charge in [-0.25, -0.2) is 9.97 Å². The lowest BCUT2D eigenvalue weighted by Gasteiger charge is -2.01. The minimum absolute atomic E-state index is 0.607. The summed E-state index contributed by atoms with van der Waals surface area (Å²) in [6.45, 7) is 3.33. The molecule has 0 spiro atoms. The molecular formula is C9H12N4S. The molecule has 0 amide bonds. The third-order valence-electron chi connectivity index (χ3n) is 1.81. The summed E-state index contributed by atoms with van der Waals surface area (Å²) in [7, 11) is 0. The summed E-state index contributed by atoms with van der Waals surface area (Å²) >= 11 is 1.66. The minimum atomic E-state index is 0.607. The predicted octanol–water partition coefficient (Wildman–Crippen LogP) is 1.37. The Labute approximate surface area is 86.2 Å². The van der Waals surface area contributed by atoms with E-state index >= 15 is 0 Å². The van der Waals surface area contributed by atoms with Gasteiger partial charge in [-0.15, -0.1) is 11.3 Å². The number of aromatic nitrogens is 2. The van der Waals surface area contributed by atoms with E-state index in [1.165, 1.54) is 0 Å². The average molecular weight is 208 g/mol. The second kappa shape index (κ2) is 3.89. The van der Waals surface area contributed by atoms with Crippen LogP contribution in [0.2, 0.25) is 0 Å². The number of nitrogens with zero attached hydrogens (tertiary/aromatic N) is 2. The topological polar surface area (TPSA) is 63.8 Å². The van der Waals surface area contributed by atoms with Crippen LogP contribution in [0.5, 0.6) is 0 Å². The van der Waals surface area contributed by atoms with Gasteiger partial charge in [0, 0.05) is 13.1 Å². The van der Waals surface area contributed by atoms with Crippen LogP contribution in [-0.4, -0.2) is 23.1 Å². The normalized spacial score (nSPS) is 10.7. The fourth-order valence-corrected chi connectivity index (χ4v) is 1.99. The monoisotopic (exact) mass is 208 g/mol. The van der Waals surface area contributed by atoms with E-state index in [1.54, 1.807) is 11.3 Å². The van der Waals surface area contributed by atoms with Gasteiger partial charge in [0.1, 0.15) is 5.82 Å². The van der Waals surface area contributed by atoms with E-state index in [1.807, 2.05) is 19.1 Å². The van der Waals surface area contributed by atoms with Gasteiger partial charge >= 0.3 is 0 Å². The van der Waals surface area contributed by atoms with Gasteiger partial charge in [-0.3, -0.25) is 0 Å². The third kappa shape index (κ3) is 1.83. The lowest BCUT2D eigenvalue weighted by atomic mass is 10.4. The highest BCUT2D eigenvalue weighted by molar-refractivity contribution is 7.18. The summed E-state index contributed by atoms with van der Waals surface area (Å²) in [4.78, 5) is 8.68. The molecule has 14 heavy (non-hydrogen) atoms. The van der Waals surface area contributed by atoms with Crippen molar-refractivity contribution in [2.24, 2.45) is 5.73 Å². The summed E-state index contributed by atoms with van der Waals surface area (Å²) in [6, 6.07) is 3.99. The van der Waals surface area contributed by atoms with Gasteiger partial charge in [0.05, 0.1) is 9.71 Å². The molecule has 4 nitrogen and oxygen atoms in total. The first-order valence-corrected chi connectivity index (χ1v) is 5.29. The molecular weight excluding hydrogens is 196 g/mol. The van der Waals surface area contributed by atoms with Crippen molar-refractivity contribution >= 4 is 27.5 Å². The molecule has 0 saturated heterocycles. The zero-order valence-electron chi connectivity index (χ0n) is 7.95. The van der Waals surface area contributed by atoms with Gasteiger partial charge in [-0.05, 0) is 19.1 Å². The van der Waals surface area contributed by atoms with E-state index in [0.717, 1.165) is 27.7 Å². The summed E-state index contributed by atoms with van der Waals surface area (Å²) in [5.74, 6) is 0.841. The Morgan fingerprint density at radius 1 is 1.43 bits per heavy atom. The van der Waals surface area contributed by atoms with Crippen LogP contribution < -0.4 is 11.1 Å². The highest BCUT2D eigenvalue weighted by atomic mass is 32.1. The number of thiazole rings is 1. The van der Waals surface area contributed by atoms with Crippen LogP contribution in [0, 0.1) is 6.92 Å². The van der Waals surface area contributed by atoms with Crippen LogP contribution in [-0.2, 0) is 0 Å². The fourth-order valence-electron chi connectivity index (χ4n) is 1.23. The van der Waals surface area contributed by atoms with E-state index in [9.17, 15) is 0 Å². The smallest absolute Gasteiger partial charge is 0.172 e. The number of hydrogen-bond acceptors (Lipinski definition) is 5. The Balaban J connectivity index is 2.31. The van der Waals surface area contributed by atoms with Crippen molar-refractivity contribution in [3.05, 3.63) is 17.1 Å². The quantitative estimate of drug-likeness (QED) is 0.799. The van der Waals surface area contributed by atoms with Crippen molar-refractivity contribution < 1.29 is 0 Å². The summed E-state index contributed by atoms with van der Waals surface area (Å²) in [5.41, 5.74) is 6.20. The summed E-state index contributed by atoms with van der Waals surface area (Å²) in [6.07, 6.45) is 0. The first-order valence-electron chi connectivity index (χ1n) is 4.48. The minimum Gasteiger partial charge on any atom is -0.369 e. The molecule has 0 radical (unpaired) electrons. The number of pyridine rings is 1.